The summed E-state index contributed by atoms with van der Waals surface area (Å²) in [4.78, 5) is 0. The van der Waals surface area contributed by atoms with Crippen molar-refractivity contribution in [3.63, 3.8) is 0 Å². The summed E-state index contributed by atoms with van der Waals surface area (Å²) in [5.41, 5.74) is 6.94. The molecular weight excluding hydrogens is 225 g/mol. The molecule has 0 aromatic heterocycles. The Kier molecular flexibility index (Phi) is 3.82. The molecule has 1 aromatic carbocycles. The number of nitrogens with two attached hydrogens (primary N) is 1. The highest BCUT2D eigenvalue weighted by Gasteiger charge is 2.19. The molecule has 1 fully saturated rings. The van der Waals surface area contributed by atoms with Gasteiger partial charge < -0.3 is 5.73 Å². The molecule has 88 valence electrons. The van der Waals surface area contributed by atoms with Crippen LogP contribution >= 0.6 is 11.6 Å². The van der Waals surface area contributed by atoms with E-state index in [0.29, 0.717) is 5.92 Å². The van der Waals surface area contributed by atoms with Gasteiger partial charge in [-0.2, -0.15) is 0 Å². The van der Waals surface area contributed by atoms with E-state index in [4.69, 9.17) is 17.3 Å². The van der Waals surface area contributed by atoms with Crippen LogP contribution in [0.5, 0.6) is 0 Å². The maximum Gasteiger partial charge on any atom is 0.142 e. The summed E-state index contributed by atoms with van der Waals surface area (Å²) in [6, 6.07) is 4.81. The van der Waals surface area contributed by atoms with Crippen LogP contribution in [-0.4, -0.2) is 0 Å². The van der Waals surface area contributed by atoms with Crippen LogP contribution in [0.1, 0.15) is 43.7 Å². The smallest absolute Gasteiger partial charge is 0.142 e. The zero-order valence-corrected chi connectivity index (χ0v) is 10.0. The molecule has 2 N–H and O–H groups in total. The van der Waals surface area contributed by atoms with Crippen molar-refractivity contribution in [2.24, 2.45) is 11.7 Å². The Bertz CT molecular complexity index is 361. The molecule has 0 aliphatic heterocycles. The zero-order chi connectivity index (χ0) is 11.5. The van der Waals surface area contributed by atoms with E-state index in [2.05, 4.69) is 0 Å². The van der Waals surface area contributed by atoms with Gasteiger partial charge >= 0.3 is 0 Å². The highest BCUT2D eigenvalue weighted by atomic mass is 35.5. The van der Waals surface area contributed by atoms with Crippen LogP contribution in [0, 0.1) is 11.7 Å². The van der Waals surface area contributed by atoms with Crippen molar-refractivity contribution < 1.29 is 4.39 Å². The molecule has 1 atom stereocenters. The van der Waals surface area contributed by atoms with E-state index < -0.39 is 0 Å². The molecule has 0 saturated heterocycles. The molecule has 1 aliphatic rings. The first-order valence-corrected chi connectivity index (χ1v) is 6.25. The molecule has 0 spiro atoms. The average Bonchev–Trinajstić information content (AvgIpc) is 2.74. The molecule has 1 saturated carbocycles. The lowest BCUT2D eigenvalue weighted by Gasteiger charge is -2.16. The summed E-state index contributed by atoms with van der Waals surface area (Å²) in [6.45, 7) is 0. The second-order valence-electron chi connectivity index (χ2n) is 4.67. The van der Waals surface area contributed by atoms with Gasteiger partial charge in [-0.1, -0.05) is 43.4 Å². The Morgan fingerprint density at radius 2 is 2.06 bits per heavy atom. The van der Waals surface area contributed by atoms with Crippen molar-refractivity contribution in [2.75, 3.05) is 0 Å². The first-order chi connectivity index (χ1) is 7.66. The zero-order valence-electron chi connectivity index (χ0n) is 9.26. The number of benzene rings is 1. The summed E-state index contributed by atoms with van der Waals surface area (Å²) in [6.07, 6.45) is 6.12. The van der Waals surface area contributed by atoms with Gasteiger partial charge in [-0.25, -0.2) is 4.39 Å². The van der Waals surface area contributed by atoms with E-state index in [-0.39, 0.29) is 16.9 Å². The van der Waals surface area contributed by atoms with E-state index in [1.807, 2.05) is 6.07 Å². The third-order valence-electron chi connectivity index (χ3n) is 3.43. The lowest BCUT2D eigenvalue weighted by Crippen LogP contribution is -2.14. The molecule has 3 heteroatoms. The van der Waals surface area contributed by atoms with E-state index in [1.165, 1.54) is 31.7 Å². The molecule has 2 rings (SSSR count). The van der Waals surface area contributed by atoms with Crippen LogP contribution in [0.2, 0.25) is 5.02 Å². The fraction of sp³-hybridized carbons (Fsp3) is 0.538. The molecule has 16 heavy (non-hydrogen) atoms. The molecule has 0 heterocycles. The Morgan fingerprint density at radius 3 is 2.69 bits per heavy atom. The summed E-state index contributed by atoms with van der Waals surface area (Å²) in [5, 5.41) is 0.164. The number of halogens is 2. The van der Waals surface area contributed by atoms with Crippen LogP contribution in [0.4, 0.5) is 4.39 Å². The highest BCUT2D eigenvalue weighted by Crippen LogP contribution is 2.32. The summed E-state index contributed by atoms with van der Waals surface area (Å²) < 4.78 is 13.3. The topological polar surface area (TPSA) is 26.0 Å². The lowest BCUT2D eigenvalue weighted by molar-refractivity contribution is 0.449. The molecule has 0 bridgehead atoms. The molecule has 1 aromatic rings. The third kappa shape index (κ3) is 2.74. The first-order valence-electron chi connectivity index (χ1n) is 5.87. The largest absolute Gasteiger partial charge is 0.324 e. The fourth-order valence-electron chi connectivity index (χ4n) is 2.48. The number of rotatable bonds is 3. The van der Waals surface area contributed by atoms with Crippen LogP contribution in [-0.2, 0) is 0 Å². The molecule has 0 radical (unpaired) electrons. The van der Waals surface area contributed by atoms with Gasteiger partial charge in [0.25, 0.3) is 0 Å². The van der Waals surface area contributed by atoms with Gasteiger partial charge in [0.2, 0.25) is 0 Å². The highest BCUT2D eigenvalue weighted by molar-refractivity contribution is 6.30. The lowest BCUT2D eigenvalue weighted by atomic mass is 9.94. The molecule has 0 amide bonds. The van der Waals surface area contributed by atoms with Crippen molar-refractivity contribution in [2.45, 2.75) is 38.1 Å². The Morgan fingerprint density at radius 1 is 1.38 bits per heavy atom. The van der Waals surface area contributed by atoms with Gasteiger partial charge in [-0.05, 0) is 30.0 Å². The van der Waals surface area contributed by atoms with E-state index in [0.717, 1.165) is 12.0 Å². The van der Waals surface area contributed by atoms with Crippen LogP contribution in [0.3, 0.4) is 0 Å². The number of hydrogen-bond acceptors (Lipinski definition) is 1. The third-order valence-corrected chi connectivity index (χ3v) is 3.74. The fourth-order valence-corrected chi connectivity index (χ4v) is 2.60. The minimum absolute atomic E-state index is 0.0603. The van der Waals surface area contributed by atoms with E-state index in [9.17, 15) is 4.39 Å². The maximum atomic E-state index is 13.3. The normalized spacial score (nSPS) is 18.9. The minimum atomic E-state index is -0.374. The Labute approximate surface area is 101 Å². The van der Waals surface area contributed by atoms with Gasteiger partial charge in [0.1, 0.15) is 5.82 Å². The van der Waals surface area contributed by atoms with Gasteiger partial charge in [0.15, 0.2) is 0 Å². The maximum absolute atomic E-state index is 13.3. The van der Waals surface area contributed by atoms with Gasteiger partial charge in [0.05, 0.1) is 5.02 Å². The second kappa shape index (κ2) is 5.15. The quantitative estimate of drug-likeness (QED) is 0.849. The standard InChI is InChI=1S/C13H17ClFN/c14-11-6-5-10(8-12(11)15)13(16)7-9-3-1-2-4-9/h5-6,8-9,13H,1-4,7,16H2. The van der Waals surface area contributed by atoms with Gasteiger partial charge in [0, 0.05) is 6.04 Å². The van der Waals surface area contributed by atoms with Crippen molar-refractivity contribution in [1.29, 1.82) is 0 Å². The van der Waals surface area contributed by atoms with Crippen LogP contribution < -0.4 is 5.73 Å². The summed E-state index contributed by atoms with van der Waals surface area (Å²) >= 11 is 5.64. The average molecular weight is 242 g/mol. The molecule has 1 nitrogen and oxygen atoms in total. The van der Waals surface area contributed by atoms with Crippen molar-refractivity contribution >= 4 is 11.6 Å². The predicted octanol–water partition coefficient (Wildman–Crippen LogP) is 4.06. The summed E-state index contributed by atoms with van der Waals surface area (Å²) in [5.74, 6) is 0.342. The molecule has 1 unspecified atom stereocenters. The van der Waals surface area contributed by atoms with Gasteiger partial charge in [-0.3, -0.25) is 0 Å². The SMILES string of the molecule is NC(CC1CCCC1)c1ccc(Cl)c(F)c1. The van der Waals surface area contributed by atoms with Crippen molar-refractivity contribution in [3.8, 4) is 0 Å². The minimum Gasteiger partial charge on any atom is -0.324 e. The summed E-state index contributed by atoms with van der Waals surface area (Å²) in [7, 11) is 0. The van der Waals surface area contributed by atoms with E-state index in [1.54, 1.807) is 6.07 Å². The second-order valence-corrected chi connectivity index (χ2v) is 5.07. The van der Waals surface area contributed by atoms with E-state index >= 15 is 0 Å². The number of hydrogen-bond donors (Lipinski definition) is 1. The molecular formula is C13H17ClFN. The predicted molar refractivity (Wildman–Crippen MR) is 64.9 cm³/mol. The monoisotopic (exact) mass is 241 g/mol. The first kappa shape index (κ1) is 11.9. The Hall–Kier alpha value is -0.600. The van der Waals surface area contributed by atoms with Crippen molar-refractivity contribution in [1.82, 2.24) is 0 Å². The van der Waals surface area contributed by atoms with Gasteiger partial charge in [-0.15, -0.1) is 0 Å². The molecule has 1 aliphatic carbocycles. The Balaban J connectivity index is 2.02. The van der Waals surface area contributed by atoms with Crippen LogP contribution in [0.25, 0.3) is 0 Å². The van der Waals surface area contributed by atoms with Crippen LogP contribution in [0.15, 0.2) is 18.2 Å². The van der Waals surface area contributed by atoms with Crippen molar-refractivity contribution in [3.05, 3.63) is 34.6 Å².